The molecule has 0 spiro atoms. The van der Waals surface area contributed by atoms with Gasteiger partial charge in [0.05, 0.1) is 17.6 Å². The summed E-state index contributed by atoms with van der Waals surface area (Å²) in [5, 5.41) is 19.4. The smallest absolute Gasteiger partial charge is 0.193 e. The van der Waals surface area contributed by atoms with Crippen LogP contribution in [0.4, 0.5) is 10.1 Å². The first-order valence-electron chi connectivity index (χ1n) is 10.1. The molecular formula is C22H23FN6O. The van der Waals surface area contributed by atoms with Crippen molar-refractivity contribution < 1.29 is 9.50 Å². The Kier molecular flexibility index (Phi) is 4.51. The third-order valence-electron chi connectivity index (χ3n) is 5.90. The molecule has 1 aromatic carbocycles. The Hall–Kier alpha value is -3.26. The zero-order valence-electron chi connectivity index (χ0n) is 16.9. The largest absolute Gasteiger partial charge is 0.504 e. The highest BCUT2D eigenvalue weighted by Gasteiger charge is 2.20. The van der Waals surface area contributed by atoms with E-state index in [1.165, 1.54) is 4.68 Å². The van der Waals surface area contributed by atoms with E-state index < -0.39 is 11.6 Å². The van der Waals surface area contributed by atoms with E-state index in [2.05, 4.69) is 38.4 Å². The van der Waals surface area contributed by atoms with Gasteiger partial charge in [-0.1, -0.05) is 0 Å². The Morgan fingerprint density at radius 3 is 2.80 bits per heavy atom. The van der Waals surface area contributed by atoms with Crippen molar-refractivity contribution in [1.82, 2.24) is 25.1 Å². The number of aromatic hydroxyl groups is 1. The highest BCUT2D eigenvalue weighted by atomic mass is 19.1. The number of pyridine rings is 2. The van der Waals surface area contributed by atoms with E-state index in [1.807, 2.05) is 12.3 Å². The number of nitrogens with zero attached hydrogens (tertiary/aromatic N) is 5. The number of hydrogen-bond acceptors (Lipinski definition) is 6. The van der Waals surface area contributed by atoms with Crippen molar-refractivity contribution in [2.45, 2.75) is 18.9 Å². The number of benzene rings is 1. The molecular weight excluding hydrogens is 383 g/mol. The van der Waals surface area contributed by atoms with Gasteiger partial charge < -0.3 is 15.3 Å². The van der Waals surface area contributed by atoms with Crippen molar-refractivity contribution in [3.8, 4) is 17.0 Å². The summed E-state index contributed by atoms with van der Waals surface area (Å²) in [5.41, 5.74) is 2.54. The Balaban J connectivity index is 1.53. The summed E-state index contributed by atoms with van der Waals surface area (Å²) in [6.07, 6.45) is 5.75. The van der Waals surface area contributed by atoms with Crippen molar-refractivity contribution in [2.75, 3.05) is 25.0 Å². The summed E-state index contributed by atoms with van der Waals surface area (Å²) < 4.78 is 16.1. The standard InChI is InChI=1S/C22H23FN6O/c1-28-12-14-10-17(21(30)19(23)20(14)27-28)18-4-3-13-9-16(11-25-22(13)26-18)29(2)15-5-7-24-8-6-15/h3-4,9-12,15,24,30H,5-8H2,1-2H3. The number of aryl methyl sites for hydroxylation is 1. The first kappa shape index (κ1) is 18.7. The third kappa shape index (κ3) is 3.13. The fourth-order valence-electron chi connectivity index (χ4n) is 4.18. The van der Waals surface area contributed by atoms with Gasteiger partial charge in [-0.25, -0.2) is 14.4 Å². The maximum absolute atomic E-state index is 14.6. The lowest BCUT2D eigenvalue weighted by Crippen LogP contribution is -2.41. The van der Waals surface area contributed by atoms with Crippen molar-refractivity contribution in [3.05, 3.63) is 42.5 Å². The Labute approximate surface area is 173 Å². The average Bonchev–Trinajstić information content (AvgIpc) is 3.16. The lowest BCUT2D eigenvalue weighted by molar-refractivity contribution is 0.437. The van der Waals surface area contributed by atoms with Crippen molar-refractivity contribution in [2.24, 2.45) is 7.05 Å². The van der Waals surface area contributed by atoms with Crippen LogP contribution in [0.15, 0.2) is 36.7 Å². The molecule has 1 aliphatic heterocycles. The van der Waals surface area contributed by atoms with Gasteiger partial charge in [0, 0.05) is 42.7 Å². The molecule has 0 saturated carbocycles. The van der Waals surface area contributed by atoms with Crippen LogP contribution in [-0.4, -0.2) is 51.0 Å². The number of phenolic OH excluding ortho intramolecular Hbond substituents is 1. The summed E-state index contributed by atoms with van der Waals surface area (Å²) in [4.78, 5) is 11.4. The second-order valence-electron chi connectivity index (χ2n) is 7.86. The molecule has 1 saturated heterocycles. The molecule has 0 radical (unpaired) electrons. The van der Waals surface area contributed by atoms with Crippen LogP contribution in [-0.2, 0) is 7.05 Å². The molecule has 8 heteroatoms. The lowest BCUT2D eigenvalue weighted by atomic mass is 10.0. The van der Waals surface area contributed by atoms with E-state index >= 15 is 0 Å². The molecule has 0 bridgehead atoms. The zero-order valence-corrected chi connectivity index (χ0v) is 16.9. The lowest BCUT2D eigenvalue weighted by Gasteiger charge is -2.33. The Morgan fingerprint density at radius 1 is 1.20 bits per heavy atom. The highest BCUT2D eigenvalue weighted by Crippen LogP contribution is 2.36. The Bertz CT molecular complexity index is 1250. The molecule has 7 nitrogen and oxygen atoms in total. The highest BCUT2D eigenvalue weighted by molar-refractivity contribution is 5.89. The van der Waals surface area contributed by atoms with Crippen molar-refractivity contribution >= 4 is 27.6 Å². The van der Waals surface area contributed by atoms with Gasteiger partial charge >= 0.3 is 0 Å². The van der Waals surface area contributed by atoms with Gasteiger partial charge in [-0.3, -0.25) is 4.68 Å². The maximum Gasteiger partial charge on any atom is 0.193 e. The molecule has 1 aliphatic rings. The van der Waals surface area contributed by atoms with E-state index in [1.54, 1.807) is 25.4 Å². The van der Waals surface area contributed by atoms with E-state index in [-0.39, 0.29) is 5.52 Å². The predicted octanol–water partition coefficient (Wildman–Crippen LogP) is 3.22. The molecule has 0 amide bonds. The van der Waals surface area contributed by atoms with E-state index in [4.69, 9.17) is 0 Å². The molecule has 2 N–H and O–H groups in total. The van der Waals surface area contributed by atoms with Crippen LogP contribution in [0, 0.1) is 5.82 Å². The number of anilines is 1. The van der Waals surface area contributed by atoms with Gasteiger partial charge in [-0.15, -0.1) is 0 Å². The van der Waals surface area contributed by atoms with Crippen LogP contribution in [0.1, 0.15) is 12.8 Å². The molecule has 1 fully saturated rings. The van der Waals surface area contributed by atoms with Crippen LogP contribution in [0.2, 0.25) is 0 Å². The van der Waals surface area contributed by atoms with Crippen LogP contribution in [0.3, 0.4) is 0 Å². The average molecular weight is 406 g/mol. The summed E-state index contributed by atoms with van der Waals surface area (Å²) in [6, 6.07) is 7.97. The van der Waals surface area contributed by atoms with Crippen LogP contribution < -0.4 is 10.2 Å². The fraction of sp³-hybridized carbons (Fsp3) is 0.318. The molecule has 30 heavy (non-hydrogen) atoms. The van der Waals surface area contributed by atoms with Gasteiger partial charge in [0.1, 0.15) is 5.52 Å². The molecule has 5 rings (SSSR count). The molecule has 154 valence electrons. The number of aromatic nitrogens is 4. The molecule has 3 aromatic heterocycles. The van der Waals surface area contributed by atoms with E-state index in [9.17, 15) is 9.50 Å². The molecule has 0 aliphatic carbocycles. The number of fused-ring (bicyclic) bond motifs is 2. The topological polar surface area (TPSA) is 79.1 Å². The van der Waals surface area contributed by atoms with E-state index in [0.29, 0.717) is 28.3 Å². The second-order valence-corrected chi connectivity index (χ2v) is 7.86. The molecule has 4 aromatic rings. The number of nitrogens with one attached hydrogen (secondary N) is 1. The monoisotopic (exact) mass is 406 g/mol. The summed E-state index contributed by atoms with van der Waals surface area (Å²) in [5.74, 6) is -1.19. The number of halogens is 1. The predicted molar refractivity (Wildman–Crippen MR) is 115 cm³/mol. The molecule has 4 heterocycles. The number of rotatable bonds is 3. The van der Waals surface area contributed by atoms with Gasteiger partial charge in [0.15, 0.2) is 17.2 Å². The van der Waals surface area contributed by atoms with E-state index in [0.717, 1.165) is 37.0 Å². The normalized spacial score (nSPS) is 15.2. The van der Waals surface area contributed by atoms with Crippen LogP contribution in [0.5, 0.6) is 5.75 Å². The zero-order chi connectivity index (χ0) is 20.8. The first-order chi connectivity index (χ1) is 14.5. The quantitative estimate of drug-likeness (QED) is 0.544. The maximum atomic E-state index is 14.6. The summed E-state index contributed by atoms with van der Waals surface area (Å²) in [6.45, 7) is 2.06. The van der Waals surface area contributed by atoms with Crippen molar-refractivity contribution in [3.63, 3.8) is 0 Å². The van der Waals surface area contributed by atoms with Gasteiger partial charge in [-0.2, -0.15) is 5.10 Å². The number of phenols is 1. The molecule has 0 unspecified atom stereocenters. The number of piperidine rings is 1. The first-order valence-corrected chi connectivity index (χ1v) is 10.1. The van der Waals surface area contributed by atoms with Crippen LogP contribution in [0.25, 0.3) is 33.2 Å². The fourth-order valence-corrected chi connectivity index (χ4v) is 4.18. The molecule has 0 atom stereocenters. The minimum Gasteiger partial charge on any atom is -0.504 e. The SMILES string of the molecule is CN(c1cnc2nc(-c3cc4cn(C)nc4c(F)c3O)ccc2c1)C1CCNCC1. The van der Waals surface area contributed by atoms with Crippen molar-refractivity contribution in [1.29, 1.82) is 0 Å². The van der Waals surface area contributed by atoms with Gasteiger partial charge in [0.25, 0.3) is 0 Å². The van der Waals surface area contributed by atoms with Crippen LogP contribution >= 0.6 is 0 Å². The van der Waals surface area contributed by atoms with Gasteiger partial charge in [0.2, 0.25) is 0 Å². The number of hydrogen-bond donors (Lipinski definition) is 2. The minimum absolute atomic E-state index is 0.142. The minimum atomic E-state index is -0.739. The van der Waals surface area contributed by atoms with Gasteiger partial charge in [-0.05, 0) is 50.2 Å². The summed E-state index contributed by atoms with van der Waals surface area (Å²) in [7, 11) is 3.82. The summed E-state index contributed by atoms with van der Waals surface area (Å²) >= 11 is 0. The third-order valence-corrected chi connectivity index (χ3v) is 5.90. The Morgan fingerprint density at radius 2 is 2.00 bits per heavy atom. The second kappa shape index (κ2) is 7.21.